The lowest BCUT2D eigenvalue weighted by Gasteiger charge is -2.07. The van der Waals surface area contributed by atoms with Crippen LogP contribution in [-0.4, -0.2) is 47.3 Å². The number of ether oxygens (including phenoxy) is 1. The highest BCUT2D eigenvalue weighted by Gasteiger charge is 2.14. The fraction of sp³-hybridized carbons (Fsp3) is 0.750. The average molecular weight is 292 g/mol. The topological polar surface area (TPSA) is 153 Å². The van der Waals surface area contributed by atoms with Crippen molar-refractivity contribution in [1.29, 1.82) is 0 Å². The minimum atomic E-state index is -0.968. The number of hydrogen-bond acceptors (Lipinski definition) is 6. The number of methoxy groups -OCH3 is 1. The second kappa shape index (κ2) is 11.2. The summed E-state index contributed by atoms with van der Waals surface area (Å²) < 4.78 is 4.29. The maximum absolute atomic E-state index is 10.6. The second-order valence-electron chi connectivity index (χ2n) is 4.64. The Balaban J connectivity index is 0. The fourth-order valence-corrected chi connectivity index (χ4v) is 1.16. The van der Waals surface area contributed by atoms with Gasteiger partial charge in [-0.2, -0.15) is 0 Å². The zero-order chi connectivity index (χ0) is 16.3. The van der Waals surface area contributed by atoms with Gasteiger partial charge in [-0.25, -0.2) is 0 Å². The largest absolute Gasteiger partial charge is 0.481 e. The molecule has 0 aliphatic heterocycles. The first-order valence-electron chi connectivity index (χ1n) is 6.15. The molecule has 0 amide bonds. The van der Waals surface area contributed by atoms with Gasteiger partial charge in [0.2, 0.25) is 0 Å². The fourth-order valence-electron chi connectivity index (χ4n) is 1.16. The van der Waals surface area contributed by atoms with Crippen LogP contribution in [0.2, 0.25) is 0 Å². The van der Waals surface area contributed by atoms with E-state index >= 15 is 0 Å². The molecule has 0 unspecified atom stereocenters. The molecule has 0 radical (unpaired) electrons. The lowest BCUT2D eigenvalue weighted by molar-refractivity contribution is -0.143. The van der Waals surface area contributed by atoms with Crippen molar-refractivity contribution in [2.24, 2.45) is 17.4 Å². The Kier molecular flexibility index (Phi) is 11.5. The molecule has 0 aliphatic rings. The summed E-state index contributed by atoms with van der Waals surface area (Å²) in [6, 6.07) is -1.51. The maximum atomic E-state index is 10.6. The highest BCUT2D eigenvalue weighted by molar-refractivity contribution is 5.76. The molecule has 0 saturated carbocycles. The monoisotopic (exact) mass is 292 g/mol. The van der Waals surface area contributed by atoms with Gasteiger partial charge < -0.3 is 26.4 Å². The predicted octanol–water partition coefficient (Wildman–Crippen LogP) is -0.204. The number of nitrogens with two attached hydrogens (primary N) is 2. The summed E-state index contributed by atoms with van der Waals surface area (Å²) in [6.07, 6.45) is 0.549. The van der Waals surface area contributed by atoms with Gasteiger partial charge in [0.1, 0.15) is 12.1 Å². The summed E-state index contributed by atoms with van der Waals surface area (Å²) in [6.45, 7) is 3.89. The molecule has 0 aromatic carbocycles. The Hall–Kier alpha value is -1.67. The number of carbonyl (C=O) groups excluding carboxylic acids is 1. The Labute approximate surface area is 118 Å². The molecule has 20 heavy (non-hydrogen) atoms. The highest BCUT2D eigenvalue weighted by atomic mass is 16.5. The first kappa shape index (κ1) is 20.6. The predicted molar refractivity (Wildman–Crippen MR) is 71.9 cm³/mol. The molecule has 0 aromatic heterocycles. The number of carbonyl (C=O) groups is 3. The van der Waals surface area contributed by atoms with Crippen molar-refractivity contribution in [1.82, 2.24) is 0 Å². The molecule has 2 atom stereocenters. The summed E-state index contributed by atoms with van der Waals surface area (Å²) in [5, 5.41) is 16.5. The van der Waals surface area contributed by atoms with Crippen molar-refractivity contribution in [3.05, 3.63) is 0 Å². The van der Waals surface area contributed by atoms with Gasteiger partial charge in [0, 0.05) is 6.42 Å². The van der Waals surface area contributed by atoms with E-state index in [4.69, 9.17) is 21.7 Å². The number of aliphatic carboxylic acids is 2. The third-order valence-electron chi connectivity index (χ3n) is 2.22. The van der Waals surface area contributed by atoms with E-state index in [9.17, 15) is 14.4 Å². The number of carboxylic acid groups (broad SMARTS) is 2. The van der Waals surface area contributed by atoms with E-state index in [0.29, 0.717) is 12.3 Å². The van der Waals surface area contributed by atoms with Crippen molar-refractivity contribution < 1.29 is 29.3 Å². The van der Waals surface area contributed by atoms with Crippen LogP contribution in [0.4, 0.5) is 0 Å². The number of carboxylic acids is 2. The smallest absolute Gasteiger partial charge is 0.322 e. The zero-order valence-electron chi connectivity index (χ0n) is 12.0. The number of esters is 1. The first-order chi connectivity index (χ1) is 9.11. The number of rotatable bonds is 7. The number of hydrogen-bond donors (Lipinski definition) is 4. The van der Waals surface area contributed by atoms with Crippen LogP contribution in [0.15, 0.2) is 0 Å². The molecule has 0 spiro atoms. The zero-order valence-corrected chi connectivity index (χ0v) is 12.0. The van der Waals surface area contributed by atoms with E-state index in [1.54, 1.807) is 0 Å². The van der Waals surface area contributed by atoms with Gasteiger partial charge in [0.25, 0.3) is 0 Å². The molecule has 8 nitrogen and oxygen atoms in total. The lowest BCUT2D eigenvalue weighted by atomic mass is 10.1. The molecule has 8 heteroatoms. The Morgan fingerprint density at radius 1 is 1.10 bits per heavy atom. The van der Waals surface area contributed by atoms with Crippen LogP contribution >= 0.6 is 0 Å². The summed E-state index contributed by atoms with van der Waals surface area (Å²) in [4.78, 5) is 30.7. The van der Waals surface area contributed by atoms with Crippen molar-refractivity contribution in [3.63, 3.8) is 0 Å². The minimum Gasteiger partial charge on any atom is -0.481 e. The van der Waals surface area contributed by atoms with Gasteiger partial charge in [-0.05, 0) is 18.8 Å². The van der Waals surface area contributed by atoms with E-state index in [-0.39, 0.29) is 12.8 Å². The molecule has 0 aliphatic carbocycles. The third kappa shape index (κ3) is 12.8. The highest BCUT2D eigenvalue weighted by Crippen LogP contribution is 2.01. The molecular weight excluding hydrogens is 268 g/mol. The van der Waals surface area contributed by atoms with Crippen LogP contribution < -0.4 is 11.5 Å². The molecule has 0 heterocycles. The SMILES string of the molecule is CC(C)C[C@H](N)C(=O)O.COC(=O)[C@@H](N)CCC(=O)O. The standard InChI is InChI=1S/C6H11NO4.C6H13NO2/c1-11-6(10)4(7)2-3-5(8)9;1-4(2)3-5(7)6(8)9/h4H,2-3,7H2,1H3,(H,8,9);4-5H,3,7H2,1-2H3,(H,8,9)/t4-;5-/m00/s1. The van der Waals surface area contributed by atoms with E-state index in [0.717, 1.165) is 0 Å². The lowest BCUT2D eigenvalue weighted by Crippen LogP contribution is -2.31. The van der Waals surface area contributed by atoms with Crippen LogP contribution in [0.5, 0.6) is 0 Å². The van der Waals surface area contributed by atoms with Crippen LogP contribution in [0.3, 0.4) is 0 Å². The Morgan fingerprint density at radius 3 is 1.85 bits per heavy atom. The molecule has 0 bridgehead atoms. The van der Waals surface area contributed by atoms with Crippen molar-refractivity contribution in [2.45, 2.75) is 45.2 Å². The molecule has 0 saturated heterocycles. The van der Waals surface area contributed by atoms with Gasteiger partial charge in [-0.15, -0.1) is 0 Å². The van der Waals surface area contributed by atoms with Crippen molar-refractivity contribution in [3.8, 4) is 0 Å². The second-order valence-corrected chi connectivity index (χ2v) is 4.64. The normalized spacial score (nSPS) is 12.9. The Bertz CT molecular complexity index is 319. The van der Waals surface area contributed by atoms with Crippen LogP contribution in [0.25, 0.3) is 0 Å². The molecule has 118 valence electrons. The minimum absolute atomic E-state index is 0.113. The molecule has 0 rings (SSSR count). The van der Waals surface area contributed by atoms with E-state index in [1.807, 2.05) is 13.8 Å². The van der Waals surface area contributed by atoms with Crippen LogP contribution in [-0.2, 0) is 19.1 Å². The summed E-state index contributed by atoms with van der Waals surface area (Å²) in [5.41, 5.74) is 10.5. The molecule has 0 fully saturated rings. The molecular formula is C12H24N2O6. The third-order valence-corrected chi connectivity index (χ3v) is 2.22. The van der Waals surface area contributed by atoms with E-state index in [2.05, 4.69) is 4.74 Å². The maximum Gasteiger partial charge on any atom is 0.322 e. The van der Waals surface area contributed by atoms with Gasteiger partial charge in [-0.3, -0.25) is 14.4 Å². The van der Waals surface area contributed by atoms with Gasteiger partial charge >= 0.3 is 17.9 Å². The van der Waals surface area contributed by atoms with E-state index < -0.39 is 30.0 Å². The van der Waals surface area contributed by atoms with Crippen molar-refractivity contribution >= 4 is 17.9 Å². The van der Waals surface area contributed by atoms with Gasteiger partial charge in [0.15, 0.2) is 0 Å². The quantitative estimate of drug-likeness (QED) is 0.470. The van der Waals surface area contributed by atoms with Crippen molar-refractivity contribution in [2.75, 3.05) is 7.11 Å². The Morgan fingerprint density at radius 2 is 1.60 bits per heavy atom. The van der Waals surface area contributed by atoms with Gasteiger partial charge in [0.05, 0.1) is 7.11 Å². The summed E-state index contributed by atoms with van der Waals surface area (Å²) >= 11 is 0. The van der Waals surface area contributed by atoms with Crippen LogP contribution in [0.1, 0.15) is 33.1 Å². The molecule has 6 N–H and O–H groups in total. The van der Waals surface area contributed by atoms with E-state index in [1.165, 1.54) is 7.11 Å². The van der Waals surface area contributed by atoms with Crippen LogP contribution in [0, 0.1) is 5.92 Å². The van der Waals surface area contributed by atoms with Gasteiger partial charge in [-0.1, -0.05) is 13.8 Å². The average Bonchev–Trinajstić information content (AvgIpc) is 2.34. The first-order valence-corrected chi connectivity index (χ1v) is 6.15. The summed E-state index contributed by atoms with van der Waals surface area (Å²) in [7, 11) is 1.21. The molecule has 0 aromatic rings. The summed E-state index contributed by atoms with van der Waals surface area (Å²) in [5.74, 6) is -2.10.